The van der Waals surface area contributed by atoms with Gasteiger partial charge in [0.15, 0.2) is 0 Å². The number of thiophene rings is 1. The molecule has 410 valence electrons. The Morgan fingerprint density at radius 1 is 0.513 bits per heavy atom. The third-order valence-corrected chi connectivity index (χ3v) is 26.7. The molecule has 1 aromatic heterocycles. The number of fused-ring (bicyclic) bond motifs is 9. The lowest BCUT2D eigenvalue weighted by Gasteiger charge is -2.51. The van der Waals surface area contributed by atoms with Crippen LogP contribution >= 0.6 is 20.5 Å². The van der Waals surface area contributed by atoms with Crippen molar-refractivity contribution in [1.82, 2.24) is 0 Å². The fourth-order valence-electron chi connectivity index (χ4n) is 14.8. The molecule has 6 aromatic carbocycles. The van der Waals surface area contributed by atoms with Crippen molar-refractivity contribution < 1.29 is 0 Å². The first kappa shape index (κ1) is 53.9. The van der Waals surface area contributed by atoms with Gasteiger partial charge in [0.1, 0.15) is 0 Å². The third-order valence-electron chi connectivity index (χ3n) is 21.2. The van der Waals surface area contributed by atoms with E-state index in [0.717, 1.165) is 6.42 Å². The van der Waals surface area contributed by atoms with Gasteiger partial charge < -0.3 is 9.80 Å². The van der Waals surface area contributed by atoms with Gasteiger partial charge in [0, 0.05) is 33.0 Å². The minimum atomic E-state index is -2.05. The molecule has 5 heteroatoms. The van der Waals surface area contributed by atoms with Crippen LogP contribution in [0.2, 0.25) is 0 Å². The van der Waals surface area contributed by atoms with E-state index in [0.29, 0.717) is 0 Å². The van der Waals surface area contributed by atoms with Crippen LogP contribution in [0.25, 0.3) is 21.2 Å². The number of anilines is 6. The fourth-order valence-corrected chi connectivity index (χ4v) is 17.7. The topological polar surface area (TPSA) is 6.48 Å². The molecular weight excluding hydrogens is 980 g/mol. The highest BCUT2D eigenvalue weighted by atomic mass is 32.3. The summed E-state index contributed by atoms with van der Waals surface area (Å²) in [6, 6.07) is 41.2. The first-order valence-electron chi connectivity index (χ1n) is 30.1. The van der Waals surface area contributed by atoms with E-state index in [2.05, 4.69) is 255 Å². The molecule has 2 aliphatic heterocycles. The zero-order valence-electron chi connectivity index (χ0n) is 51.7. The van der Waals surface area contributed by atoms with Gasteiger partial charge in [-0.25, -0.2) is 0 Å². The lowest BCUT2D eigenvalue weighted by Crippen LogP contribution is -2.61. The SMILES string of the molecule is CC[SH](C)(C)(C)c1ccc(-c2cc(C(C)(C)C)ccc2N2c3cc4c(cc3B3c5c2cc(C(C)(C)C)cc5N(c2ccc5c(c2)C(C)(C)CCC5(C)C)c2sc5cc6c(cc5c23)C(C)(C)CCC6(C)C)C(C)(C)CCC4)cc1. The van der Waals surface area contributed by atoms with Crippen LogP contribution < -0.4 is 26.2 Å². The summed E-state index contributed by atoms with van der Waals surface area (Å²) < 4.78 is 1.42. The summed E-state index contributed by atoms with van der Waals surface area (Å²) in [5.74, 6) is 1.19. The lowest BCUT2D eigenvalue weighted by molar-refractivity contribution is 0.332. The number of hydrogen-bond donors (Lipinski definition) is 1. The van der Waals surface area contributed by atoms with Gasteiger partial charge in [0.25, 0.3) is 6.71 Å². The third kappa shape index (κ3) is 8.28. The van der Waals surface area contributed by atoms with Crippen LogP contribution in [0.15, 0.2) is 102 Å². The summed E-state index contributed by atoms with van der Waals surface area (Å²) in [7, 11) is -2.05. The van der Waals surface area contributed by atoms with Crippen LogP contribution in [0.4, 0.5) is 33.4 Å². The molecule has 3 aliphatic carbocycles. The monoisotopic (exact) mass is 1070 g/mol. The van der Waals surface area contributed by atoms with Crippen LogP contribution in [-0.2, 0) is 44.3 Å². The van der Waals surface area contributed by atoms with Crippen LogP contribution in [0.5, 0.6) is 0 Å². The van der Waals surface area contributed by atoms with Gasteiger partial charge in [-0.3, -0.25) is 9.16 Å². The Kier molecular flexibility index (Phi) is 11.7. The number of aryl methyl sites for hydroxylation is 1. The molecule has 12 rings (SSSR count). The minimum Gasteiger partial charge on any atom is -0.311 e. The molecule has 0 N–H and O–H groups in total. The Bertz CT molecular complexity index is 3650. The van der Waals surface area contributed by atoms with E-state index in [1.54, 1.807) is 16.7 Å². The van der Waals surface area contributed by atoms with Crippen molar-refractivity contribution in [2.24, 2.45) is 0 Å². The van der Waals surface area contributed by atoms with Crippen molar-refractivity contribution in [2.75, 3.05) is 34.3 Å². The molecule has 0 spiro atoms. The summed E-state index contributed by atoms with van der Waals surface area (Å²) in [5, 5.41) is 2.84. The first-order valence-corrected chi connectivity index (χ1v) is 34.7. The predicted molar refractivity (Wildman–Crippen MR) is 351 cm³/mol. The number of benzene rings is 6. The van der Waals surface area contributed by atoms with E-state index in [4.69, 9.17) is 0 Å². The molecule has 0 saturated heterocycles. The van der Waals surface area contributed by atoms with Crippen LogP contribution in [-0.4, -0.2) is 31.2 Å². The summed E-state index contributed by atoms with van der Waals surface area (Å²) in [5.41, 5.74) is 25.7. The van der Waals surface area contributed by atoms with E-state index in [9.17, 15) is 0 Å². The second-order valence-electron chi connectivity index (χ2n) is 32.0. The molecule has 2 nitrogen and oxygen atoms in total. The van der Waals surface area contributed by atoms with Crippen molar-refractivity contribution in [3.63, 3.8) is 0 Å². The molecule has 0 bridgehead atoms. The normalized spacial score (nSPS) is 19.9. The Hall–Kier alpha value is -4.71. The smallest absolute Gasteiger partial charge is 0.254 e. The van der Waals surface area contributed by atoms with Crippen molar-refractivity contribution >= 4 is 87.1 Å². The maximum atomic E-state index is 2.78. The average Bonchev–Trinajstić information content (AvgIpc) is 3.25. The van der Waals surface area contributed by atoms with E-state index in [-0.39, 0.29) is 44.6 Å². The van der Waals surface area contributed by atoms with Gasteiger partial charge in [-0.1, -0.05) is 160 Å². The maximum Gasteiger partial charge on any atom is 0.254 e. The molecule has 0 fully saturated rings. The molecular formula is C73H93BN2S2. The van der Waals surface area contributed by atoms with E-state index in [1.165, 1.54) is 148 Å². The predicted octanol–water partition coefficient (Wildman–Crippen LogP) is 18.9. The first-order chi connectivity index (χ1) is 36.1. The Morgan fingerprint density at radius 3 is 1.68 bits per heavy atom. The largest absolute Gasteiger partial charge is 0.311 e. The van der Waals surface area contributed by atoms with Gasteiger partial charge in [-0.2, -0.15) is 0 Å². The molecule has 0 saturated carbocycles. The zero-order chi connectivity index (χ0) is 56.1. The summed E-state index contributed by atoms with van der Waals surface area (Å²) >= 11 is 2.06. The zero-order valence-corrected chi connectivity index (χ0v) is 53.4. The maximum absolute atomic E-state index is 2.78. The molecule has 0 unspecified atom stereocenters. The molecule has 0 amide bonds. The Morgan fingerprint density at radius 2 is 1.08 bits per heavy atom. The molecule has 7 aromatic rings. The second-order valence-corrected chi connectivity index (χ2v) is 40.5. The average molecular weight is 1070 g/mol. The van der Waals surface area contributed by atoms with E-state index in [1.807, 2.05) is 0 Å². The van der Waals surface area contributed by atoms with Crippen LogP contribution in [0.3, 0.4) is 0 Å². The van der Waals surface area contributed by atoms with E-state index < -0.39 is 9.16 Å². The quantitative estimate of drug-likeness (QED) is 0.136. The minimum absolute atomic E-state index is 0.0299. The van der Waals surface area contributed by atoms with Gasteiger partial charge in [-0.05, 0) is 239 Å². The highest BCUT2D eigenvalue weighted by Gasteiger charge is 2.49. The number of thiol groups is 1. The van der Waals surface area contributed by atoms with Gasteiger partial charge in [-0.15, -0.1) is 11.3 Å². The van der Waals surface area contributed by atoms with E-state index >= 15 is 0 Å². The number of hydrogen-bond acceptors (Lipinski definition) is 3. The van der Waals surface area contributed by atoms with Gasteiger partial charge in [0.2, 0.25) is 0 Å². The highest BCUT2D eigenvalue weighted by molar-refractivity contribution is 8.48. The number of nitrogens with zero attached hydrogens (tertiary/aromatic N) is 2. The fraction of sp³-hybridized carbons (Fsp3) is 0.479. The Labute approximate surface area is 476 Å². The summed E-state index contributed by atoms with van der Waals surface area (Å²) in [4.78, 5) is 7.08. The van der Waals surface area contributed by atoms with Crippen LogP contribution in [0.1, 0.15) is 201 Å². The summed E-state index contributed by atoms with van der Waals surface area (Å²) in [6.45, 7) is 41.9. The highest BCUT2D eigenvalue weighted by Crippen LogP contribution is 2.66. The lowest BCUT2D eigenvalue weighted by atomic mass is 9.33. The van der Waals surface area contributed by atoms with Crippen molar-refractivity contribution in [3.05, 3.63) is 142 Å². The van der Waals surface area contributed by atoms with Gasteiger partial charge >= 0.3 is 0 Å². The van der Waals surface area contributed by atoms with Crippen LogP contribution in [0, 0.1) is 0 Å². The standard InChI is InChI=1S/C73H93BN2S2/c1-21-78(18,19,20)50-28-24-45(25-29-50)51-38-47(67(2,3)4)26-31-59(51)76-60-37-46-23-22-32-69(8,9)54(46)43-58(60)74-64-52-42-56-57(73(16,17)36-35-72(56,14)15)44-63(52)77-66(64)75(61-39-48(68(5,6)7)40-62(76)65(61)74)49-27-30-53-55(41-49)71(12,13)34-33-70(53,10)11/h24-31,37-44,78H,21-23,32-36H2,1-20H3. The molecule has 5 aliphatic rings. The van der Waals surface area contributed by atoms with Crippen molar-refractivity contribution in [1.29, 1.82) is 0 Å². The van der Waals surface area contributed by atoms with Crippen molar-refractivity contribution in [3.8, 4) is 11.1 Å². The Balaban J connectivity index is 1.24. The van der Waals surface area contributed by atoms with Gasteiger partial charge in [0.05, 0.1) is 10.7 Å². The second kappa shape index (κ2) is 16.9. The molecule has 78 heavy (non-hydrogen) atoms. The van der Waals surface area contributed by atoms with Crippen molar-refractivity contribution in [2.45, 2.75) is 205 Å². The molecule has 0 atom stereocenters. The molecule has 3 heterocycles. The summed E-state index contributed by atoms with van der Waals surface area (Å²) in [6.07, 6.45) is 15.9. The molecule has 0 radical (unpaired) electrons. The number of rotatable bonds is 5.